The minimum absolute atomic E-state index is 2.40. The SMILES string of the molecule is O=[N+]([O-])C(F)(COC(OCC(F)(F)F)(OCC(F)([N+](=O)[O-])[N+](=O)[O-])OCC([N+](=O)[O-])([N+](=O)[O-])[N+](=O)[O-])[N+](=O)[O-]. The van der Waals surface area contributed by atoms with E-state index in [1.165, 1.54) is 0 Å². The molecule has 0 aromatic carbocycles. The largest absolute Gasteiger partial charge is 0.723 e. The van der Waals surface area contributed by atoms with Gasteiger partial charge in [0.15, 0.2) is 21.4 Å². The van der Waals surface area contributed by atoms with Crippen LogP contribution in [0.2, 0.25) is 0 Å². The van der Waals surface area contributed by atoms with Gasteiger partial charge in [-0.1, -0.05) is 8.78 Å². The molecular formula is C9H8F5N7O18. The van der Waals surface area contributed by atoms with Crippen LogP contribution in [0.15, 0.2) is 0 Å². The summed E-state index contributed by atoms with van der Waals surface area (Å²) in [4.78, 5) is 58.6. The summed E-state index contributed by atoms with van der Waals surface area (Å²) in [6.45, 7) is -11.7. The Balaban J connectivity index is 6.98. The van der Waals surface area contributed by atoms with E-state index in [9.17, 15) is 92.8 Å². The molecule has 0 saturated heterocycles. The number of ether oxygens (including phenoxy) is 4. The molecule has 0 aromatic rings. The van der Waals surface area contributed by atoms with Crippen molar-refractivity contribution < 1.29 is 75.4 Å². The van der Waals surface area contributed by atoms with E-state index in [2.05, 4.69) is 18.9 Å². The Morgan fingerprint density at radius 1 is 0.436 bits per heavy atom. The van der Waals surface area contributed by atoms with Crippen LogP contribution in [0.25, 0.3) is 0 Å². The monoisotopic (exact) mass is 597 g/mol. The molecule has 0 N–H and O–H groups in total. The lowest BCUT2D eigenvalue weighted by molar-refractivity contribution is -0.972. The van der Waals surface area contributed by atoms with Crippen molar-refractivity contribution in [2.75, 3.05) is 26.4 Å². The Kier molecular flexibility index (Phi) is 10.4. The smallest absolute Gasteiger partial charge is 0.294 e. The molecule has 39 heavy (non-hydrogen) atoms. The third kappa shape index (κ3) is 7.65. The van der Waals surface area contributed by atoms with Crippen LogP contribution in [0.5, 0.6) is 0 Å². The van der Waals surface area contributed by atoms with Gasteiger partial charge in [-0.05, 0) is 0 Å². The summed E-state index contributed by atoms with van der Waals surface area (Å²) in [7, 11) is 0. The average molecular weight is 597 g/mol. The van der Waals surface area contributed by atoms with E-state index in [4.69, 9.17) is 0 Å². The molecule has 0 unspecified atom stereocenters. The molecular weight excluding hydrogens is 589 g/mol. The van der Waals surface area contributed by atoms with Crippen LogP contribution in [-0.2, 0) is 18.9 Å². The van der Waals surface area contributed by atoms with Crippen LogP contribution in [0.4, 0.5) is 22.0 Å². The van der Waals surface area contributed by atoms with Crippen LogP contribution in [0, 0.1) is 70.8 Å². The van der Waals surface area contributed by atoms with Crippen molar-refractivity contribution in [2.45, 2.75) is 30.0 Å². The van der Waals surface area contributed by atoms with Crippen molar-refractivity contribution >= 4 is 0 Å². The lowest BCUT2D eigenvalue weighted by Crippen LogP contribution is -2.61. The third-order valence-corrected chi connectivity index (χ3v) is 3.72. The highest BCUT2D eigenvalue weighted by Crippen LogP contribution is 2.30. The number of halogens is 5. The fraction of sp³-hybridized carbons (Fsp3) is 1.00. The van der Waals surface area contributed by atoms with E-state index >= 15 is 0 Å². The van der Waals surface area contributed by atoms with E-state index in [0.29, 0.717) is 0 Å². The molecule has 0 radical (unpaired) electrons. The molecule has 30 heteroatoms. The summed E-state index contributed by atoms with van der Waals surface area (Å²) in [5.74, 6) is -15.2. The van der Waals surface area contributed by atoms with E-state index in [1.54, 1.807) is 0 Å². The van der Waals surface area contributed by atoms with Gasteiger partial charge in [0.05, 0.1) is 0 Å². The highest BCUT2D eigenvalue weighted by atomic mass is 19.4. The molecule has 0 aliphatic heterocycles. The second kappa shape index (κ2) is 11.8. The third-order valence-electron chi connectivity index (χ3n) is 3.72. The Morgan fingerprint density at radius 2 is 0.692 bits per heavy atom. The van der Waals surface area contributed by atoms with Gasteiger partial charge in [0.1, 0.15) is 19.7 Å². The summed E-state index contributed by atoms with van der Waals surface area (Å²) in [5, 5.41) is 75.7. The maximum atomic E-state index is 14.1. The zero-order valence-electron chi connectivity index (χ0n) is 17.7. The quantitative estimate of drug-likeness (QED) is 0.0604. The van der Waals surface area contributed by atoms with Gasteiger partial charge in [-0.2, -0.15) is 13.2 Å². The Hall–Kier alpha value is -4.71. The molecule has 0 aromatic heterocycles. The van der Waals surface area contributed by atoms with Gasteiger partial charge in [0, 0.05) is 0 Å². The molecule has 0 aliphatic rings. The van der Waals surface area contributed by atoms with Gasteiger partial charge in [0.25, 0.3) is 6.61 Å². The normalized spacial score (nSPS) is 12.9. The molecule has 0 heterocycles. The minimum Gasteiger partial charge on any atom is -0.294 e. The molecule has 0 amide bonds. The number of hydrogen-bond donors (Lipinski definition) is 0. The number of hydrogen-bond acceptors (Lipinski definition) is 18. The van der Waals surface area contributed by atoms with Crippen molar-refractivity contribution in [1.82, 2.24) is 0 Å². The van der Waals surface area contributed by atoms with Crippen LogP contribution in [0.3, 0.4) is 0 Å². The standard InChI is InChI=1S/C9H8F5N7O18/c10-5(11,12)1-36-9(37-2-6(13,15(22)23)16(24)25,38-3-7(14,17(26)27)18(28)29)39-4-8(19(30)31,20(32)33)21(34)35/h1-4H2. The second-order valence-corrected chi connectivity index (χ2v) is 6.28. The molecule has 0 atom stereocenters. The highest BCUT2D eigenvalue weighted by molar-refractivity contribution is 4.61. The number of nitrogens with zero attached hydrogens (tertiary/aromatic N) is 7. The summed E-state index contributed by atoms with van der Waals surface area (Å²) >= 11 is 0. The van der Waals surface area contributed by atoms with Gasteiger partial charge >= 0.3 is 30.0 Å². The molecule has 0 aliphatic carbocycles. The van der Waals surface area contributed by atoms with Gasteiger partial charge in [-0.3, -0.25) is 89.7 Å². The van der Waals surface area contributed by atoms with Crippen molar-refractivity contribution in [1.29, 1.82) is 0 Å². The van der Waals surface area contributed by atoms with Gasteiger partial charge in [0.2, 0.25) is 13.2 Å². The number of nitro groups is 7. The van der Waals surface area contributed by atoms with Crippen LogP contribution in [0.1, 0.15) is 0 Å². The maximum Gasteiger partial charge on any atom is 0.723 e. The van der Waals surface area contributed by atoms with Gasteiger partial charge in [-0.15, -0.1) is 0 Å². The summed E-state index contributed by atoms with van der Waals surface area (Å²) in [5.41, 5.74) is 0. The molecule has 0 saturated carbocycles. The van der Waals surface area contributed by atoms with E-state index < -0.39 is 90.8 Å². The fourth-order valence-corrected chi connectivity index (χ4v) is 1.67. The van der Waals surface area contributed by atoms with Crippen LogP contribution in [-0.4, -0.2) is 90.8 Å². The zero-order chi connectivity index (χ0) is 31.2. The minimum atomic E-state index is -5.70. The van der Waals surface area contributed by atoms with Crippen LogP contribution < -0.4 is 0 Å². The summed E-state index contributed by atoms with van der Waals surface area (Å²) < 4.78 is 81.5. The Bertz CT molecular complexity index is 931. The van der Waals surface area contributed by atoms with Crippen molar-refractivity contribution in [2.24, 2.45) is 0 Å². The topological polar surface area (TPSA) is 339 Å². The molecule has 0 bridgehead atoms. The first kappa shape index (κ1) is 34.3. The lowest BCUT2D eigenvalue weighted by Gasteiger charge is -2.31. The number of rotatable bonds is 18. The van der Waals surface area contributed by atoms with E-state index in [0.717, 1.165) is 0 Å². The molecule has 222 valence electrons. The zero-order valence-corrected chi connectivity index (χ0v) is 17.7. The maximum absolute atomic E-state index is 14.1. The van der Waals surface area contributed by atoms with Gasteiger partial charge < -0.3 is 0 Å². The second-order valence-electron chi connectivity index (χ2n) is 6.28. The van der Waals surface area contributed by atoms with Crippen molar-refractivity contribution in [3.8, 4) is 0 Å². The molecule has 0 fully saturated rings. The predicted molar refractivity (Wildman–Crippen MR) is 92.0 cm³/mol. The Morgan fingerprint density at radius 3 is 0.923 bits per heavy atom. The molecule has 0 spiro atoms. The first-order valence-corrected chi connectivity index (χ1v) is 8.45. The van der Waals surface area contributed by atoms with E-state index in [1.807, 2.05) is 0 Å². The predicted octanol–water partition coefficient (Wildman–Crippen LogP) is -0.936. The highest BCUT2D eigenvalue weighted by Gasteiger charge is 2.73. The summed E-state index contributed by atoms with van der Waals surface area (Å²) in [6, 6.07) is 0. The first-order chi connectivity index (χ1) is 17.4. The van der Waals surface area contributed by atoms with Gasteiger partial charge in [-0.25, -0.2) is 0 Å². The van der Waals surface area contributed by atoms with Crippen LogP contribution >= 0.6 is 0 Å². The lowest BCUT2D eigenvalue weighted by atomic mass is 10.4. The van der Waals surface area contributed by atoms with Crippen molar-refractivity contribution in [3.05, 3.63) is 70.8 Å². The first-order valence-electron chi connectivity index (χ1n) is 8.45. The van der Waals surface area contributed by atoms with E-state index in [-0.39, 0.29) is 0 Å². The average Bonchev–Trinajstić information content (AvgIpc) is 2.77. The number of alkyl halides is 5. The Labute approximate surface area is 204 Å². The molecule has 25 nitrogen and oxygen atoms in total. The fourth-order valence-electron chi connectivity index (χ4n) is 1.67. The van der Waals surface area contributed by atoms with Crippen molar-refractivity contribution in [3.63, 3.8) is 0 Å². The summed E-state index contributed by atoms with van der Waals surface area (Å²) in [6.07, 6.45) is -10.6. The molecule has 0 rings (SSSR count).